The van der Waals surface area contributed by atoms with Crippen molar-refractivity contribution >= 4 is 37.5 Å². The molecule has 0 aromatic heterocycles. The molecule has 0 radical (unpaired) electrons. The van der Waals surface area contributed by atoms with Crippen LogP contribution in [0.4, 0.5) is 5.69 Å². The van der Waals surface area contributed by atoms with E-state index in [0.717, 1.165) is 15.6 Å². The van der Waals surface area contributed by atoms with E-state index in [-0.39, 0.29) is 11.4 Å². The molecular formula is C14H11Br2NO3. The first-order valence-corrected chi connectivity index (χ1v) is 7.70. The molecule has 4 nitrogen and oxygen atoms in total. The predicted octanol–water partition coefficient (Wildman–Crippen LogP) is 5.35. The highest BCUT2D eigenvalue weighted by molar-refractivity contribution is 9.10. The van der Waals surface area contributed by atoms with Gasteiger partial charge in [0.25, 0.3) is 0 Å². The van der Waals surface area contributed by atoms with Gasteiger partial charge in [0, 0.05) is 21.4 Å². The van der Waals surface area contributed by atoms with Crippen LogP contribution in [0.3, 0.4) is 0 Å². The molecule has 0 unspecified atom stereocenters. The number of rotatable bonds is 4. The SMILES string of the molecule is Cc1ccc(Oc2ccc(Br)cc2CBr)c([N+](=O)[O-])c1. The molecule has 0 heterocycles. The first-order valence-electron chi connectivity index (χ1n) is 5.78. The molecule has 0 aliphatic rings. The van der Waals surface area contributed by atoms with Crippen molar-refractivity contribution in [3.8, 4) is 11.5 Å². The number of nitro groups is 1. The Balaban J connectivity index is 2.42. The van der Waals surface area contributed by atoms with Gasteiger partial charge in [0.2, 0.25) is 5.75 Å². The topological polar surface area (TPSA) is 52.4 Å². The van der Waals surface area contributed by atoms with Crippen LogP contribution in [0.15, 0.2) is 40.9 Å². The van der Waals surface area contributed by atoms with Crippen LogP contribution in [0.1, 0.15) is 11.1 Å². The van der Waals surface area contributed by atoms with Crippen molar-refractivity contribution in [2.45, 2.75) is 12.3 Å². The van der Waals surface area contributed by atoms with Gasteiger partial charge in [-0.2, -0.15) is 0 Å². The fourth-order valence-electron chi connectivity index (χ4n) is 1.73. The Morgan fingerprint density at radius 1 is 1.20 bits per heavy atom. The lowest BCUT2D eigenvalue weighted by atomic mass is 10.2. The highest BCUT2D eigenvalue weighted by Gasteiger charge is 2.17. The van der Waals surface area contributed by atoms with Crippen molar-refractivity contribution in [3.63, 3.8) is 0 Å². The lowest BCUT2D eigenvalue weighted by molar-refractivity contribution is -0.385. The number of nitro benzene ring substituents is 1. The van der Waals surface area contributed by atoms with Gasteiger partial charge >= 0.3 is 5.69 Å². The van der Waals surface area contributed by atoms with E-state index < -0.39 is 4.92 Å². The number of aryl methyl sites for hydroxylation is 1. The molecule has 0 atom stereocenters. The summed E-state index contributed by atoms with van der Waals surface area (Å²) >= 11 is 6.77. The molecule has 104 valence electrons. The molecule has 0 amide bonds. The molecule has 0 fully saturated rings. The van der Waals surface area contributed by atoms with Gasteiger partial charge in [0.1, 0.15) is 5.75 Å². The maximum atomic E-state index is 11.1. The van der Waals surface area contributed by atoms with E-state index in [1.807, 2.05) is 12.1 Å². The standard InChI is InChI=1S/C14H11Br2NO3/c1-9-2-4-14(12(6-9)17(18)19)20-13-5-3-11(16)7-10(13)8-15/h2-7H,8H2,1H3. The predicted molar refractivity (Wildman–Crippen MR) is 84.7 cm³/mol. The average Bonchev–Trinajstić information content (AvgIpc) is 2.42. The summed E-state index contributed by atoms with van der Waals surface area (Å²) in [4.78, 5) is 10.6. The van der Waals surface area contributed by atoms with Gasteiger partial charge in [-0.05, 0) is 36.8 Å². The van der Waals surface area contributed by atoms with Crippen LogP contribution in [0.25, 0.3) is 0 Å². The largest absolute Gasteiger partial charge is 0.450 e. The van der Waals surface area contributed by atoms with Crippen LogP contribution in [-0.4, -0.2) is 4.92 Å². The fraction of sp³-hybridized carbons (Fsp3) is 0.143. The second kappa shape index (κ2) is 6.37. The quantitative estimate of drug-likeness (QED) is 0.394. The third kappa shape index (κ3) is 3.37. The Hall–Kier alpha value is -1.40. The van der Waals surface area contributed by atoms with Gasteiger partial charge in [0.15, 0.2) is 0 Å². The molecule has 6 heteroatoms. The summed E-state index contributed by atoms with van der Waals surface area (Å²) < 4.78 is 6.64. The van der Waals surface area contributed by atoms with Crippen molar-refractivity contribution < 1.29 is 9.66 Å². The minimum Gasteiger partial charge on any atom is -0.450 e. The summed E-state index contributed by atoms with van der Waals surface area (Å²) in [6, 6.07) is 10.4. The second-order valence-corrected chi connectivity index (χ2v) is 5.69. The first-order chi connectivity index (χ1) is 9.51. The smallest absolute Gasteiger partial charge is 0.311 e. The van der Waals surface area contributed by atoms with Gasteiger partial charge in [-0.3, -0.25) is 10.1 Å². The van der Waals surface area contributed by atoms with Gasteiger partial charge in [0.05, 0.1) is 4.92 Å². The first kappa shape index (κ1) is 15.0. The van der Waals surface area contributed by atoms with Crippen molar-refractivity contribution in [2.75, 3.05) is 0 Å². The monoisotopic (exact) mass is 399 g/mol. The maximum Gasteiger partial charge on any atom is 0.311 e. The van der Waals surface area contributed by atoms with E-state index in [1.165, 1.54) is 6.07 Å². The molecular weight excluding hydrogens is 390 g/mol. The van der Waals surface area contributed by atoms with E-state index in [1.54, 1.807) is 25.1 Å². The molecule has 0 aliphatic heterocycles. The summed E-state index contributed by atoms with van der Waals surface area (Å²) in [5.74, 6) is 0.835. The molecule has 0 aliphatic carbocycles. The summed E-state index contributed by atoms with van der Waals surface area (Å²) in [6.07, 6.45) is 0. The molecule has 0 saturated heterocycles. The third-order valence-corrected chi connectivity index (χ3v) is 3.79. The molecule has 0 N–H and O–H groups in total. The Kier molecular flexibility index (Phi) is 4.77. The van der Waals surface area contributed by atoms with E-state index in [2.05, 4.69) is 31.9 Å². The van der Waals surface area contributed by atoms with Crippen molar-refractivity contribution in [1.82, 2.24) is 0 Å². The maximum absolute atomic E-state index is 11.1. The lowest BCUT2D eigenvalue weighted by Gasteiger charge is -2.10. The number of hydrogen-bond donors (Lipinski definition) is 0. The van der Waals surface area contributed by atoms with Crippen LogP contribution in [0.5, 0.6) is 11.5 Å². The average molecular weight is 401 g/mol. The van der Waals surface area contributed by atoms with E-state index in [9.17, 15) is 10.1 Å². The van der Waals surface area contributed by atoms with Crippen LogP contribution in [-0.2, 0) is 5.33 Å². The number of alkyl halides is 1. The van der Waals surface area contributed by atoms with Gasteiger partial charge in [-0.1, -0.05) is 37.9 Å². The Morgan fingerprint density at radius 3 is 2.55 bits per heavy atom. The highest BCUT2D eigenvalue weighted by Crippen LogP contribution is 2.35. The number of hydrogen-bond acceptors (Lipinski definition) is 3. The number of nitrogens with zero attached hydrogens (tertiary/aromatic N) is 1. The fourth-order valence-corrected chi connectivity index (χ4v) is 2.57. The summed E-state index contributed by atoms with van der Waals surface area (Å²) in [5.41, 5.74) is 1.70. The molecule has 0 saturated carbocycles. The normalized spacial score (nSPS) is 10.3. The molecule has 20 heavy (non-hydrogen) atoms. The van der Waals surface area contributed by atoms with Gasteiger partial charge in [-0.25, -0.2) is 0 Å². The van der Waals surface area contributed by atoms with Crippen molar-refractivity contribution in [3.05, 3.63) is 62.1 Å². The van der Waals surface area contributed by atoms with Crippen LogP contribution < -0.4 is 4.74 Å². The highest BCUT2D eigenvalue weighted by atomic mass is 79.9. The van der Waals surface area contributed by atoms with Gasteiger partial charge in [-0.15, -0.1) is 0 Å². The van der Waals surface area contributed by atoms with Crippen LogP contribution in [0.2, 0.25) is 0 Å². The van der Waals surface area contributed by atoms with E-state index in [0.29, 0.717) is 11.1 Å². The summed E-state index contributed by atoms with van der Waals surface area (Å²) in [6.45, 7) is 1.81. The molecule has 2 aromatic rings. The van der Waals surface area contributed by atoms with E-state index in [4.69, 9.17) is 4.74 Å². The summed E-state index contributed by atoms with van der Waals surface area (Å²) in [5, 5.41) is 11.7. The van der Waals surface area contributed by atoms with E-state index >= 15 is 0 Å². The molecule has 2 aromatic carbocycles. The molecule has 2 rings (SSSR count). The van der Waals surface area contributed by atoms with Crippen LogP contribution >= 0.6 is 31.9 Å². The lowest BCUT2D eigenvalue weighted by Crippen LogP contribution is -1.96. The number of benzene rings is 2. The Bertz CT molecular complexity index is 659. The third-order valence-electron chi connectivity index (χ3n) is 2.70. The number of ether oxygens (including phenoxy) is 1. The second-order valence-electron chi connectivity index (χ2n) is 4.22. The van der Waals surface area contributed by atoms with Gasteiger partial charge < -0.3 is 4.74 Å². The minimum atomic E-state index is -0.436. The summed E-state index contributed by atoms with van der Waals surface area (Å²) in [7, 11) is 0. The zero-order valence-corrected chi connectivity index (χ0v) is 13.8. The van der Waals surface area contributed by atoms with Crippen molar-refractivity contribution in [2.24, 2.45) is 0 Å². The molecule has 0 bridgehead atoms. The van der Waals surface area contributed by atoms with Crippen molar-refractivity contribution in [1.29, 1.82) is 0 Å². The zero-order chi connectivity index (χ0) is 14.7. The molecule has 0 spiro atoms. The Labute approximate surface area is 133 Å². The minimum absolute atomic E-state index is 0.0339. The van der Waals surface area contributed by atoms with Crippen LogP contribution in [0, 0.1) is 17.0 Å². The Morgan fingerprint density at radius 2 is 1.90 bits per heavy atom. The number of halogens is 2. The zero-order valence-electron chi connectivity index (χ0n) is 10.6.